The SMILES string of the molecule is N=c1c(C(=O)N2CCC(Cc3ccccc3)CC2)cc2c(=O)n3ccccc3nc2n1Cc1ccco1. The van der Waals surface area contributed by atoms with Crippen molar-refractivity contribution in [3.05, 3.63) is 112 Å². The third-order valence-electron chi connectivity index (χ3n) is 7.21. The number of amides is 1. The number of aromatic nitrogens is 3. The molecule has 1 N–H and O–H groups in total. The van der Waals surface area contributed by atoms with E-state index in [0.717, 1.165) is 19.3 Å². The van der Waals surface area contributed by atoms with Crippen LogP contribution in [0.15, 0.2) is 88.4 Å². The lowest BCUT2D eigenvalue weighted by atomic mass is 9.90. The van der Waals surface area contributed by atoms with E-state index in [4.69, 9.17) is 9.83 Å². The number of carbonyl (C=O) groups is 1. The molecule has 5 heterocycles. The van der Waals surface area contributed by atoms with E-state index in [1.807, 2.05) is 17.0 Å². The van der Waals surface area contributed by atoms with Gasteiger partial charge in [-0.1, -0.05) is 36.4 Å². The van der Waals surface area contributed by atoms with Gasteiger partial charge in [-0.05, 0) is 61.1 Å². The number of nitrogens with one attached hydrogen (secondary N) is 1. The molecule has 4 aromatic heterocycles. The molecule has 1 saturated heterocycles. The van der Waals surface area contributed by atoms with Crippen LogP contribution < -0.4 is 11.0 Å². The molecule has 6 rings (SSSR count). The zero-order valence-corrected chi connectivity index (χ0v) is 20.3. The van der Waals surface area contributed by atoms with Crippen LogP contribution >= 0.6 is 0 Å². The van der Waals surface area contributed by atoms with E-state index in [0.29, 0.717) is 41.4 Å². The first-order chi connectivity index (χ1) is 18.1. The monoisotopic (exact) mass is 493 g/mol. The first-order valence-electron chi connectivity index (χ1n) is 12.5. The van der Waals surface area contributed by atoms with Crippen molar-refractivity contribution in [2.75, 3.05) is 13.1 Å². The maximum absolute atomic E-state index is 13.7. The van der Waals surface area contributed by atoms with Crippen LogP contribution in [0.25, 0.3) is 16.7 Å². The molecule has 0 aliphatic carbocycles. The van der Waals surface area contributed by atoms with E-state index >= 15 is 0 Å². The van der Waals surface area contributed by atoms with Crippen LogP contribution in [0.2, 0.25) is 0 Å². The van der Waals surface area contributed by atoms with Gasteiger partial charge in [0.1, 0.15) is 22.5 Å². The van der Waals surface area contributed by atoms with Crippen molar-refractivity contribution < 1.29 is 9.21 Å². The summed E-state index contributed by atoms with van der Waals surface area (Å²) in [5, 5.41) is 9.27. The Hall–Kier alpha value is -4.46. The summed E-state index contributed by atoms with van der Waals surface area (Å²) < 4.78 is 8.59. The van der Waals surface area contributed by atoms with Gasteiger partial charge in [-0.15, -0.1) is 0 Å². The largest absolute Gasteiger partial charge is 0.467 e. The molecule has 1 aliphatic heterocycles. The maximum Gasteiger partial charge on any atom is 0.267 e. The van der Waals surface area contributed by atoms with Gasteiger partial charge in [0.05, 0.1) is 23.8 Å². The van der Waals surface area contributed by atoms with Gasteiger partial charge in [-0.25, -0.2) is 4.98 Å². The highest BCUT2D eigenvalue weighted by Gasteiger charge is 2.26. The summed E-state index contributed by atoms with van der Waals surface area (Å²) in [5.41, 5.74) is 2.10. The van der Waals surface area contributed by atoms with Crippen molar-refractivity contribution in [3.63, 3.8) is 0 Å². The molecule has 0 unspecified atom stereocenters. The minimum Gasteiger partial charge on any atom is -0.467 e. The second-order valence-electron chi connectivity index (χ2n) is 9.58. The van der Waals surface area contributed by atoms with Gasteiger partial charge in [0, 0.05) is 19.3 Å². The Labute approximate surface area is 212 Å². The summed E-state index contributed by atoms with van der Waals surface area (Å²) in [7, 11) is 0. The predicted octanol–water partition coefficient (Wildman–Crippen LogP) is 3.86. The summed E-state index contributed by atoms with van der Waals surface area (Å²) in [6, 6.07) is 20.9. The number of fused-ring (bicyclic) bond motifs is 2. The van der Waals surface area contributed by atoms with E-state index in [-0.39, 0.29) is 29.1 Å². The number of hydrogen-bond acceptors (Lipinski definition) is 5. The molecule has 5 aromatic rings. The van der Waals surface area contributed by atoms with Crippen LogP contribution in [0.4, 0.5) is 0 Å². The summed E-state index contributed by atoms with van der Waals surface area (Å²) in [5.74, 6) is 0.902. The number of rotatable bonds is 5. The van der Waals surface area contributed by atoms with Gasteiger partial charge in [0.15, 0.2) is 0 Å². The van der Waals surface area contributed by atoms with Crippen LogP contribution in [-0.4, -0.2) is 37.8 Å². The summed E-state index contributed by atoms with van der Waals surface area (Å²) in [6.45, 7) is 1.44. The quantitative estimate of drug-likeness (QED) is 0.376. The number of benzene rings is 1. The average molecular weight is 494 g/mol. The second-order valence-corrected chi connectivity index (χ2v) is 9.58. The molecule has 186 valence electrons. The third-order valence-corrected chi connectivity index (χ3v) is 7.21. The Balaban J connectivity index is 1.36. The number of piperidine rings is 1. The summed E-state index contributed by atoms with van der Waals surface area (Å²) in [6.07, 6.45) is 6.04. The molecule has 1 amide bonds. The molecule has 8 nitrogen and oxygen atoms in total. The van der Waals surface area contributed by atoms with Crippen molar-refractivity contribution in [2.24, 2.45) is 5.92 Å². The van der Waals surface area contributed by atoms with E-state index < -0.39 is 0 Å². The first kappa shape index (κ1) is 23.0. The number of furan rings is 1. The minimum atomic E-state index is -0.274. The van der Waals surface area contributed by atoms with E-state index in [1.54, 1.807) is 47.4 Å². The fourth-order valence-corrected chi connectivity index (χ4v) is 5.22. The van der Waals surface area contributed by atoms with Crippen molar-refractivity contribution in [3.8, 4) is 0 Å². The standard InChI is InChI=1S/C29H27N5O3/c30-26-23(28(35)32-14-11-21(12-15-32)17-20-7-2-1-3-8-20)18-24-27(34(26)19-22-9-6-16-37-22)31-25-10-4-5-13-33(25)29(24)36/h1-10,13,16,18,21,30H,11-12,14-15,17,19H2. The molecule has 1 fully saturated rings. The molecule has 1 aliphatic rings. The molecule has 1 aromatic carbocycles. The number of likely N-dealkylation sites (tertiary alicyclic amines) is 1. The maximum atomic E-state index is 13.7. The normalized spacial score (nSPS) is 14.4. The summed E-state index contributed by atoms with van der Waals surface area (Å²) in [4.78, 5) is 33.6. The average Bonchev–Trinajstić information content (AvgIpc) is 3.45. The molecular formula is C29H27N5O3. The minimum absolute atomic E-state index is 0.0208. The molecule has 0 atom stereocenters. The van der Waals surface area contributed by atoms with Gasteiger partial charge in [-0.3, -0.25) is 19.4 Å². The predicted molar refractivity (Wildman–Crippen MR) is 139 cm³/mol. The van der Waals surface area contributed by atoms with Crippen molar-refractivity contribution >= 4 is 22.6 Å². The lowest BCUT2D eigenvalue weighted by molar-refractivity contribution is 0.0687. The zero-order valence-electron chi connectivity index (χ0n) is 20.3. The second kappa shape index (κ2) is 9.54. The highest BCUT2D eigenvalue weighted by Crippen LogP contribution is 2.23. The Morgan fingerprint density at radius 1 is 1.03 bits per heavy atom. The molecule has 0 saturated carbocycles. The third kappa shape index (κ3) is 4.35. The molecule has 0 spiro atoms. The highest BCUT2D eigenvalue weighted by molar-refractivity contribution is 5.97. The lowest BCUT2D eigenvalue weighted by Crippen LogP contribution is -2.42. The van der Waals surface area contributed by atoms with Gasteiger partial charge < -0.3 is 13.9 Å². The Bertz CT molecular complexity index is 1700. The van der Waals surface area contributed by atoms with Crippen molar-refractivity contribution in [2.45, 2.75) is 25.8 Å². The number of nitrogens with zero attached hydrogens (tertiary/aromatic N) is 4. The highest BCUT2D eigenvalue weighted by atomic mass is 16.3. The Morgan fingerprint density at radius 3 is 2.57 bits per heavy atom. The summed E-state index contributed by atoms with van der Waals surface area (Å²) >= 11 is 0. The van der Waals surface area contributed by atoms with E-state index in [2.05, 4.69) is 29.2 Å². The fourth-order valence-electron chi connectivity index (χ4n) is 5.22. The Kier molecular flexibility index (Phi) is 5.92. The van der Waals surface area contributed by atoms with Crippen LogP contribution in [0.1, 0.15) is 34.5 Å². The molecule has 37 heavy (non-hydrogen) atoms. The van der Waals surface area contributed by atoms with E-state index in [1.165, 1.54) is 9.96 Å². The van der Waals surface area contributed by atoms with Gasteiger partial charge >= 0.3 is 0 Å². The van der Waals surface area contributed by atoms with Gasteiger partial charge in [0.2, 0.25) is 0 Å². The topological polar surface area (TPSA) is 96.6 Å². The fraction of sp³-hybridized carbons (Fsp3) is 0.241. The van der Waals surface area contributed by atoms with Crippen LogP contribution in [0.5, 0.6) is 0 Å². The number of pyridine rings is 2. The molecule has 8 heteroatoms. The number of carbonyl (C=O) groups excluding carboxylic acids is 1. The lowest BCUT2D eigenvalue weighted by Gasteiger charge is -2.32. The molecular weight excluding hydrogens is 466 g/mol. The van der Waals surface area contributed by atoms with Gasteiger partial charge in [-0.2, -0.15) is 0 Å². The van der Waals surface area contributed by atoms with Gasteiger partial charge in [0.25, 0.3) is 11.5 Å². The van der Waals surface area contributed by atoms with E-state index in [9.17, 15) is 9.59 Å². The Morgan fingerprint density at radius 2 is 1.81 bits per heavy atom. The zero-order chi connectivity index (χ0) is 25.4. The first-order valence-corrected chi connectivity index (χ1v) is 12.5. The van der Waals surface area contributed by atoms with Crippen LogP contribution in [0, 0.1) is 11.3 Å². The van der Waals surface area contributed by atoms with Crippen molar-refractivity contribution in [1.29, 1.82) is 5.41 Å². The number of hydrogen-bond donors (Lipinski definition) is 1. The smallest absolute Gasteiger partial charge is 0.267 e. The van der Waals surface area contributed by atoms with Crippen LogP contribution in [0.3, 0.4) is 0 Å². The van der Waals surface area contributed by atoms with Crippen LogP contribution in [-0.2, 0) is 13.0 Å². The molecule has 0 radical (unpaired) electrons. The van der Waals surface area contributed by atoms with Crippen molar-refractivity contribution in [1.82, 2.24) is 18.9 Å². The molecule has 0 bridgehead atoms.